The van der Waals surface area contributed by atoms with Gasteiger partial charge in [0.1, 0.15) is 10.7 Å². The van der Waals surface area contributed by atoms with Gasteiger partial charge in [-0.25, -0.2) is 18.0 Å². The van der Waals surface area contributed by atoms with E-state index in [-0.39, 0.29) is 10.7 Å². The van der Waals surface area contributed by atoms with Crippen LogP contribution in [0, 0.1) is 24.4 Å². The Morgan fingerprint density at radius 1 is 1.26 bits per heavy atom. The largest absolute Gasteiger partial charge is 0.452 e. The van der Waals surface area contributed by atoms with Gasteiger partial charge >= 0.3 is 5.97 Å². The second-order valence-corrected chi connectivity index (χ2v) is 6.03. The normalized spacial score (nSPS) is 10.7. The fourth-order valence-electron chi connectivity index (χ4n) is 2.25. The lowest BCUT2D eigenvalue weighted by atomic mass is 10.2. The number of hydrogen-bond donors (Lipinski definition) is 1. The van der Waals surface area contributed by atoms with Crippen molar-refractivity contribution in [2.75, 3.05) is 11.9 Å². The Morgan fingerprint density at radius 2 is 1.96 bits per heavy atom. The number of carbonyl (C=O) groups is 2. The first-order valence-electron chi connectivity index (χ1n) is 8.09. The van der Waals surface area contributed by atoms with Crippen LogP contribution in [0.5, 0.6) is 0 Å². The number of amides is 1. The zero-order valence-corrected chi connectivity index (χ0v) is 15.4. The maximum absolute atomic E-state index is 13.5. The van der Waals surface area contributed by atoms with Gasteiger partial charge in [0.2, 0.25) is 0 Å². The van der Waals surface area contributed by atoms with Gasteiger partial charge in [-0.05, 0) is 25.5 Å². The number of aryl methyl sites for hydroxylation is 2. The number of ether oxygens (including phenoxy) is 1. The number of esters is 1. The summed E-state index contributed by atoms with van der Waals surface area (Å²) >= 11 is 6.13. The molecule has 1 aromatic heterocycles. The van der Waals surface area contributed by atoms with Gasteiger partial charge in [-0.3, -0.25) is 9.48 Å². The summed E-state index contributed by atoms with van der Waals surface area (Å²) in [7, 11) is 0. The molecule has 27 heavy (non-hydrogen) atoms. The lowest BCUT2D eigenvalue weighted by Crippen LogP contribution is -2.22. The van der Waals surface area contributed by atoms with Gasteiger partial charge in [0, 0.05) is 6.54 Å². The molecule has 0 bridgehead atoms. The van der Waals surface area contributed by atoms with Crippen LogP contribution in [0.2, 0.25) is 5.15 Å². The number of carbonyl (C=O) groups excluding carboxylic acids is 2. The third kappa shape index (κ3) is 4.79. The fraction of sp³-hybridized carbons (Fsp3) is 0.353. The van der Waals surface area contributed by atoms with Crippen LogP contribution < -0.4 is 5.32 Å². The minimum atomic E-state index is -1.72. The molecule has 0 spiro atoms. The van der Waals surface area contributed by atoms with E-state index in [1.165, 1.54) is 4.68 Å². The van der Waals surface area contributed by atoms with Crippen molar-refractivity contribution in [2.24, 2.45) is 0 Å². The van der Waals surface area contributed by atoms with E-state index < -0.39 is 41.6 Å². The highest BCUT2D eigenvalue weighted by molar-refractivity contribution is 6.32. The molecule has 0 fully saturated rings. The molecule has 0 aliphatic rings. The number of nitrogens with one attached hydrogen (secondary N) is 1. The Hall–Kier alpha value is -2.55. The first kappa shape index (κ1) is 20.8. The number of anilines is 1. The molecule has 1 aromatic carbocycles. The first-order valence-corrected chi connectivity index (χ1v) is 8.47. The zero-order chi connectivity index (χ0) is 20.1. The number of unbranched alkanes of at least 4 members (excludes halogenated alkanes) is 1. The van der Waals surface area contributed by atoms with Crippen molar-refractivity contribution in [3.63, 3.8) is 0 Å². The van der Waals surface area contributed by atoms with Crippen LogP contribution in [0.4, 0.5) is 18.9 Å². The smallest absolute Gasteiger partial charge is 0.343 e. The van der Waals surface area contributed by atoms with Gasteiger partial charge in [0.25, 0.3) is 5.91 Å². The van der Waals surface area contributed by atoms with Crippen molar-refractivity contribution in [2.45, 2.75) is 33.2 Å². The first-order chi connectivity index (χ1) is 12.8. The van der Waals surface area contributed by atoms with Crippen LogP contribution in [-0.2, 0) is 16.1 Å². The van der Waals surface area contributed by atoms with Crippen molar-refractivity contribution in [3.05, 3.63) is 46.0 Å². The number of nitrogens with zero attached hydrogens (tertiary/aromatic N) is 2. The van der Waals surface area contributed by atoms with E-state index in [1.54, 1.807) is 6.92 Å². The Kier molecular flexibility index (Phi) is 6.84. The predicted octanol–water partition coefficient (Wildman–Crippen LogP) is 3.86. The SMILES string of the molecule is CCCCn1nc(C)c(C(=O)OCC(=O)Nc2ccc(F)c(F)c2F)c1Cl. The van der Waals surface area contributed by atoms with E-state index >= 15 is 0 Å². The molecule has 1 heterocycles. The van der Waals surface area contributed by atoms with E-state index in [1.807, 2.05) is 12.2 Å². The Morgan fingerprint density at radius 3 is 2.63 bits per heavy atom. The van der Waals surface area contributed by atoms with Gasteiger partial charge in [-0.1, -0.05) is 24.9 Å². The van der Waals surface area contributed by atoms with Crippen molar-refractivity contribution >= 4 is 29.2 Å². The maximum Gasteiger partial charge on any atom is 0.343 e. The van der Waals surface area contributed by atoms with E-state index in [0.717, 1.165) is 18.9 Å². The topological polar surface area (TPSA) is 73.2 Å². The zero-order valence-electron chi connectivity index (χ0n) is 14.6. The van der Waals surface area contributed by atoms with Gasteiger partial charge in [-0.2, -0.15) is 5.10 Å². The molecule has 0 radical (unpaired) electrons. The summed E-state index contributed by atoms with van der Waals surface area (Å²) in [4.78, 5) is 24.0. The monoisotopic (exact) mass is 403 g/mol. The molecule has 146 valence electrons. The summed E-state index contributed by atoms with van der Waals surface area (Å²) in [5.41, 5.74) is -0.204. The molecule has 2 aromatic rings. The molecule has 10 heteroatoms. The lowest BCUT2D eigenvalue weighted by Gasteiger charge is -2.08. The Labute approximate surface area is 158 Å². The van der Waals surface area contributed by atoms with Crippen molar-refractivity contribution in [3.8, 4) is 0 Å². The van der Waals surface area contributed by atoms with Gasteiger partial charge in [-0.15, -0.1) is 0 Å². The second kappa shape index (κ2) is 8.90. The van der Waals surface area contributed by atoms with Crippen LogP contribution in [0.15, 0.2) is 12.1 Å². The quantitative estimate of drug-likeness (QED) is 0.563. The minimum Gasteiger partial charge on any atom is -0.452 e. The highest BCUT2D eigenvalue weighted by Crippen LogP contribution is 2.22. The average Bonchev–Trinajstić information content (AvgIpc) is 2.92. The molecule has 0 aliphatic heterocycles. The summed E-state index contributed by atoms with van der Waals surface area (Å²) in [5, 5.41) is 6.24. The molecule has 2 rings (SSSR count). The van der Waals surface area contributed by atoms with Crippen LogP contribution >= 0.6 is 11.6 Å². The summed E-state index contributed by atoms with van der Waals surface area (Å²) in [6.45, 7) is 3.32. The number of hydrogen-bond acceptors (Lipinski definition) is 4. The fourth-order valence-corrected chi connectivity index (χ4v) is 2.59. The van der Waals surface area contributed by atoms with E-state index in [0.29, 0.717) is 18.3 Å². The van der Waals surface area contributed by atoms with Crippen LogP contribution in [0.25, 0.3) is 0 Å². The van der Waals surface area contributed by atoms with Crippen molar-refractivity contribution < 1.29 is 27.5 Å². The summed E-state index contributed by atoms with van der Waals surface area (Å²) < 4.78 is 45.9. The molecule has 0 aliphatic carbocycles. The average molecular weight is 404 g/mol. The second-order valence-electron chi connectivity index (χ2n) is 5.68. The molecule has 1 N–H and O–H groups in total. The predicted molar refractivity (Wildman–Crippen MR) is 92.1 cm³/mol. The number of halogens is 4. The van der Waals surface area contributed by atoms with Gasteiger partial charge in [0.15, 0.2) is 24.1 Å². The highest BCUT2D eigenvalue weighted by atomic mass is 35.5. The lowest BCUT2D eigenvalue weighted by molar-refractivity contribution is -0.119. The molecule has 1 amide bonds. The number of rotatable bonds is 7. The molecule has 0 atom stereocenters. The number of aromatic nitrogens is 2. The summed E-state index contributed by atoms with van der Waals surface area (Å²) in [6, 6.07) is 1.51. The number of benzene rings is 1. The highest BCUT2D eigenvalue weighted by Gasteiger charge is 2.23. The summed E-state index contributed by atoms with van der Waals surface area (Å²) in [5.74, 6) is -6.46. The Bertz CT molecular complexity index is 871. The van der Waals surface area contributed by atoms with Crippen LogP contribution in [-0.4, -0.2) is 28.3 Å². The van der Waals surface area contributed by atoms with Crippen molar-refractivity contribution in [1.82, 2.24) is 9.78 Å². The van der Waals surface area contributed by atoms with Gasteiger partial charge in [0.05, 0.1) is 11.4 Å². The van der Waals surface area contributed by atoms with E-state index in [4.69, 9.17) is 16.3 Å². The molecule has 6 nitrogen and oxygen atoms in total. The minimum absolute atomic E-state index is 0.0274. The third-order valence-electron chi connectivity index (χ3n) is 3.64. The van der Waals surface area contributed by atoms with Gasteiger partial charge < -0.3 is 10.1 Å². The van der Waals surface area contributed by atoms with Crippen LogP contribution in [0.3, 0.4) is 0 Å². The Balaban J connectivity index is 2.00. The third-order valence-corrected chi connectivity index (χ3v) is 4.02. The molecule has 0 saturated heterocycles. The molecular weight excluding hydrogens is 387 g/mol. The summed E-state index contributed by atoms with van der Waals surface area (Å²) in [6.07, 6.45) is 1.73. The van der Waals surface area contributed by atoms with Crippen molar-refractivity contribution in [1.29, 1.82) is 0 Å². The molecule has 0 unspecified atom stereocenters. The standard InChI is InChI=1S/C17H17ClF3N3O3/c1-3-4-7-24-16(18)13(9(2)23-24)17(26)27-8-12(25)22-11-6-5-10(19)14(20)15(11)21/h5-6H,3-4,7-8H2,1-2H3,(H,22,25). The van der Waals surface area contributed by atoms with E-state index in [2.05, 4.69) is 5.10 Å². The maximum atomic E-state index is 13.5. The van der Waals surface area contributed by atoms with Crippen LogP contribution in [0.1, 0.15) is 35.8 Å². The molecule has 0 saturated carbocycles. The van der Waals surface area contributed by atoms with E-state index in [9.17, 15) is 22.8 Å². The molecular formula is C17H17ClF3N3O3.